The third kappa shape index (κ3) is 3.58. The van der Waals surface area contributed by atoms with E-state index in [0.717, 1.165) is 16.7 Å². The van der Waals surface area contributed by atoms with Gasteiger partial charge in [-0.3, -0.25) is 0 Å². The number of carboxylic acid groups (broad SMARTS) is 1. The molecule has 0 aliphatic heterocycles. The first kappa shape index (κ1) is 16.4. The molecule has 0 aliphatic carbocycles. The monoisotopic (exact) mass is 337 g/mol. The molecule has 6 nitrogen and oxygen atoms in total. The van der Waals surface area contributed by atoms with Crippen LogP contribution in [0.2, 0.25) is 0 Å². The van der Waals surface area contributed by atoms with E-state index in [1.165, 1.54) is 6.07 Å². The van der Waals surface area contributed by atoms with Gasteiger partial charge >= 0.3 is 11.9 Å². The molecular weight excluding hydrogens is 322 g/mol. The normalized spacial score (nSPS) is 10.4. The van der Waals surface area contributed by atoms with E-state index in [2.05, 4.69) is 5.16 Å². The molecule has 2 aromatic carbocycles. The molecule has 3 aromatic rings. The second-order valence-corrected chi connectivity index (χ2v) is 5.26. The van der Waals surface area contributed by atoms with Gasteiger partial charge < -0.3 is 14.4 Å². The lowest BCUT2D eigenvalue weighted by Crippen LogP contribution is -2.04. The second kappa shape index (κ2) is 7.00. The van der Waals surface area contributed by atoms with Crippen molar-refractivity contribution in [1.29, 1.82) is 0 Å². The Kier molecular flexibility index (Phi) is 4.61. The van der Waals surface area contributed by atoms with Crippen LogP contribution >= 0.6 is 0 Å². The Labute approximate surface area is 143 Å². The highest BCUT2D eigenvalue weighted by atomic mass is 16.5. The largest absolute Gasteiger partial charge is 0.478 e. The number of ether oxygens (including phenoxy) is 1. The number of nitrogens with zero attached hydrogens (tertiary/aromatic N) is 1. The van der Waals surface area contributed by atoms with Gasteiger partial charge in [0.1, 0.15) is 0 Å². The molecule has 0 amide bonds. The minimum absolute atomic E-state index is 0.119. The van der Waals surface area contributed by atoms with E-state index < -0.39 is 11.9 Å². The molecule has 0 bridgehead atoms. The highest BCUT2D eigenvalue weighted by Gasteiger charge is 2.15. The molecule has 0 fully saturated rings. The fraction of sp³-hybridized carbons (Fsp3) is 0.105. The number of esters is 1. The molecule has 0 aliphatic rings. The molecule has 1 heterocycles. The summed E-state index contributed by atoms with van der Waals surface area (Å²) in [6.45, 7) is 1.99. The van der Waals surface area contributed by atoms with E-state index in [9.17, 15) is 9.59 Å². The van der Waals surface area contributed by atoms with Crippen molar-refractivity contribution < 1.29 is 24.0 Å². The molecule has 0 radical (unpaired) electrons. The highest BCUT2D eigenvalue weighted by Crippen LogP contribution is 2.27. The zero-order valence-corrected chi connectivity index (χ0v) is 13.4. The van der Waals surface area contributed by atoms with Crippen molar-refractivity contribution in [3.8, 4) is 22.5 Å². The molecule has 0 saturated carbocycles. The van der Waals surface area contributed by atoms with Gasteiger partial charge in [-0.15, -0.1) is 0 Å². The van der Waals surface area contributed by atoms with Crippen molar-refractivity contribution >= 4 is 11.9 Å². The zero-order chi connectivity index (χ0) is 17.8. The Balaban J connectivity index is 1.89. The van der Waals surface area contributed by atoms with Crippen molar-refractivity contribution in [2.75, 3.05) is 6.61 Å². The van der Waals surface area contributed by atoms with Gasteiger partial charge in [-0.25, -0.2) is 9.59 Å². The van der Waals surface area contributed by atoms with E-state index in [4.69, 9.17) is 14.4 Å². The van der Waals surface area contributed by atoms with Crippen LogP contribution < -0.4 is 0 Å². The Morgan fingerprint density at radius 2 is 1.76 bits per heavy atom. The third-order valence-corrected chi connectivity index (χ3v) is 3.61. The first-order chi connectivity index (χ1) is 12.1. The molecule has 25 heavy (non-hydrogen) atoms. The number of benzene rings is 2. The fourth-order valence-electron chi connectivity index (χ4n) is 2.37. The second-order valence-electron chi connectivity index (χ2n) is 5.26. The Morgan fingerprint density at radius 1 is 1.04 bits per heavy atom. The average molecular weight is 337 g/mol. The molecule has 0 unspecified atom stereocenters. The van der Waals surface area contributed by atoms with Crippen molar-refractivity contribution in [2.24, 2.45) is 0 Å². The SMILES string of the molecule is CCOC(=O)c1cc(-c2cccc(-c3ccc(C(=O)O)cc3)c2)on1. The fourth-order valence-corrected chi connectivity index (χ4v) is 2.37. The molecule has 0 atom stereocenters. The summed E-state index contributed by atoms with van der Waals surface area (Å²) in [5, 5.41) is 12.7. The van der Waals surface area contributed by atoms with Crippen LogP contribution in [-0.2, 0) is 4.74 Å². The zero-order valence-electron chi connectivity index (χ0n) is 13.4. The van der Waals surface area contributed by atoms with Crippen molar-refractivity contribution in [3.63, 3.8) is 0 Å². The summed E-state index contributed by atoms with van der Waals surface area (Å²) < 4.78 is 10.1. The van der Waals surface area contributed by atoms with Crippen LogP contribution in [0.25, 0.3) is 22.5 Å². The maximum atomic E-state index is 11.7. The Morgan fingerprint density at radius 3 is 2.44 bits per heavy atom. The number of carboxylic acids is 1. The summed E-state index contributed by atoms with van der Waals surface area (Å²) >= 11 is 0. The number of carbonyl (C=O) groups is 2. The van der Waals surface area contributed by atoms with E-state index >= 15 is 0 Å². The number of rotatable bonds is 5. The minimum Gasteiger partial charge on any atom is -0.478 e. The van der Waals surface area contributed by atoms with Gasteiger partial charge in [-0.1, -0.05) is 35.5 Å². The van der Waals surface area contributed by atoms with E-state index in [1.54, 1.807) is 31.2 Å². The van der Waals surface area contributed by atoms with Gasteiger partial charge in [0, 0.05) is 11.6 Å². The summed E-state index contributed by atoms with van der Waals surface area (Å²) in [7, 11) is 0. The van der Waals surface area contributed by atoms with Gasteiger partial charge in [0.2, 0.25) is 0 Å². The van der Waals surface area contributed by atoms with Crippen molar-refractivity contribution in [1.82, 2.24) is 5.16 Å². The lowest BCUT2D eigenvalue weighted by molar-refractivity contribution is 0.0514. The summed E-state index contributed by atoms with van der Waals surface area (Å²) in [4.78, 5) is 22.6. The van der Waals surface area contributed by atoms with Crippen LogP contribution in [0.1, 0.15) is 27.8 Å². The van der Waals surface area contributed by atoms with Crippen LogP contribution in [0, 0.1) is 0 Å². The maximum absolute atomic E-state index is 11.7. The number of aromatic carboxylic acids is 1. The number of hydrogen-bond acceptors (Lipinski definition) is 5. The molecule has 0 saturated heterocycles. The van der Waals surface area contributed by atoms with Gasteiger partial charge in [0.05, 0.1) is 12.2 Å². The topological polar surface area (TPSA) is 89.6 Å². The summed E-state index contributed by atoms with van der Waals surface area (Å²) in [5.74, 6) is -1.04. The standard InChI is InChI=1S/C19H15NO5/c1-2-24-19(23)16-11-17(25-20-16)15-5-3-4-14(10-15)12-6-8-13(9-7-12)18(21)22/h3-11H,2H2,1H3,(H,21,22). The van der Waals surface area contributed by atoms with Crippen LogP contribution in [0.4, 0.5) is 0 Å². The van der Waals surface area contributed by atoms with Crippen LogP contribution in [0.3, 0.4) is 0 Å². The molecule has 3 rings (SSSR count). The molecule has 0 spiro atoms. The van der Waals surface area contributed by atoms with Gasteiger partial charge in [0.15, 0.2) is 11.5 Å². The first-order valence-corrected chi connectivity index (χ1v) is 7.66. The van der Waals surface area contributed by atoms with Gasteiger partial charge in [0.25, 0.3) is 0 Å². The predicted molar refractivity (Wildman–Crippen MR) is 90.3 cm³/mol. The lowest BCUT2D eigenvalue weighted by atomic mass is 10.0. The van der Waals surface area contributed by atoms with E-state index in [1.807, 2.05) is 24.3 Å². The molecule has 6 heteroatoms. The predicted octanol–water partition coefficient (Wildman–Crippen LogP) is 3.88. The van der Waals surface area contributed by atoms with E-state index in [0.29, 0.717) is 5.76 Å². The lowest BCUT2D eigenvalue weighted by Gasteiger charge is -2.04. The molecular formula is C19H15NO5. The van der Waals surface area contributed by atoms with Crippen LogP contribution in [0.5, 0.6) is 0 Å². The number of aromatic nitrogens is 1. The van der Waals surface area contributed by atoms with Crippen molar-refractivity contribution in [3.05, 3.63) is 65.9 Å². The number of hydrogen-bond donors (Lipinski definition) is 1. The summed E-state index contributed by atoms with van der Waals surface area (Å²) in [5.41, 5.74) is 2.87. The summed E-state index contributed by atoms with van der Waals surface area (Å²) in [6, 6.07) is 15.6. The van der Waals surface area contributed by atoms with Crippen LogP contribution in [-0.4, -0.2) is 28.8 Å². The van der Waals surface area contributed by atoms with Gasteiger partial charge in [-0.05, 0) is 36.2 Å². The summed E-state index contributed by atoms with van der Waals surface area (Å²) in [6.07, 6.45) is 0. The average Bonchev–Trinajstić information content (AvgIpc) is 3.12. The third-order valence-electron chi connectivity index (χ3n) is 3.61. The minimum atomic E-state index is -0.964. The number of carbonyl (C=O) groups excluding carboxylic acids is 1. The van der Waals surface area contributed by atoms with Crippen molar-refractivity contribution in [2.45, 2.75) is 6.92 Å². The molecule has 1 aromatic heterocycles. The maximum Gasteiger partial charge on any atom is 0.360 e. The van der Waals surface area contributed by atoms with Crippen LogP contribution in [0.15, 0.2) is 59.1 Å². The highest BCUT2D eigenvalue weighted by molar-refractivity contribution is 5.89. The van der Waals surface area contributed by atoms with E-state index in [-0.39, 0.29) is 17.9 Å². The quantitative estimate of drug-likeness (QED) is 0.711. The molecule has 1 N–H and O–H groups in total. The smallest absolute Gasteiger partial charge is 0.360 e. The Bertz CT molecular complexity index is 912. The van der Waals surface area contributed by atoms with Gasteiger partial charge in [-0.2, -0.15) is 0 Å². The first-order valence-electron chi connectivity index (χ1n) is 7.66. The Hall–Kier alpha value is -3.41. The molecule has 126 valence electrons.